The molecule has 22 heavy (non-hydrogen) atoms. The Hall–Kier alpha value is -2.07. The van der Waals surface area contributed by atoms with Gasteiger partial charge in [-0.1, -0.05) is 12.1 Å². The van der Waals surface area contributed by atoms with Gasteiger partial charge in [0, 0.05) is 24.5 Å². The molecule has 1 aliphatic rings. The summed E-state index contributed by atoms with van der Waals surface area (Å²) in [6.07, 6.45) is 2.26. The molecule has 0 bridgehead atoms. The minimum Gasteiger partial charge on any atom is -0.398 e. The van der Waals surface area contributed by atoms with Crippen LogP contribution in [0.1, 0.15) is 22.6 Å². The Balaban J connectivity index is 1.67. The second-order valence-corrected chi connectivity index (χ2v) is 7.14. The summed E-state index contributed by atoms with van der Waals surface area (Å²) in [5, 5.41) is 1.13. The monoisotopic (exact) mass is 309 g/mol. The van der Waals surface area contributed by atoms with Crippen LogP contribution in [0, 0.1) is 6.92 Å². The molecule has 2 heterocycles. The van der Waals surface area contributed by atoms with E-state index in [1.807, 2.05) is 6.07 Å². The summed E-state index contributed by atoms with van der Waals surface area (Å²) >= 11 is 1.77. The molecule has 2 N–H and O–H groups in total. The van der Waals surface area contributed by atoms with Crippen LogP contribution in [0.4, 0.5) is 11.4 Å². The number of rotatable bonds is 2. The Bertz CT molecular complexity index is 837. The number of aromatic nitrogens is 1. The molecular weight excluding hydrogens is 290 g/mol. The number of aryl methyl sites for hydroxylation is 1. The van der Waals surface area contributed by atoms with Gasteiger partial charge in [0.05, 0.1) is 15.2 Å². The summed E-state index contributed by atoms with van der Waals surface area (Å²) in [5.41, 5.74) is 12.1. The molecule has 0 spiro atoms. The Kier molecular flexibility index (Phi) is 3.26. The van der Waals surface area contributed by atoms with Crippen LogP contribution in [0.3, 0.4) is 0 Å². The Morgan fingerprint density at radius 2 is 2.18 bits per heavy atom. The molecule has 4 rings (SSSR count). The summed E-state index contributed by atoms with van der Waals surface area (Å²) in [7, 11) is 0. The van der Waals surface area contributed by atoms with Gasteiger partial charge in [-0.15, -0.1) is 11.3 Å². The lowest BCUT2D eigenvalue weighted by Crippen LogP contribution is -2.29. The summed E-state index contributed by atoms with van der Waals surface area (Å²) in [6.45, 7) is 4.09. The van der Waals surface area contributed by atoms with Gasteiger partial charge in [0.25, 0.3) is 0 Å². The molecule has 3 aromatic rings. The van der Waals surface area contributed by atoms with E-state index >= 15 is 0 Å². The number of nitrogens with zero attached hydrogens (tertiary/aromatic N) is 2. The molecule has 0 saturated heterocycles. The zero-order chi connectivity index (χ0) is 15.1. The van der Waals surface area contributed by atoms with E-state index in [0.29, 0.717) is 0 Å². The van der Waals surface area contributed by atoms with E-state index in [4.69, 9.17) is 5.73 Å². The quantitative estimate of drug-likeness (QED) is 0.723. The van der Waals surface area contributed by atoms with E-state index in [2.05, 4.69) is 47.1 Å². The Morgan fingerprint density at radius 3 is 3.09 bits per heavy atom. The number of hydrogen-bond donors (Lipinski definition) is 1. The number of nitrogen functional groups attached to an aromatic ring is 1. The van der Waals surface area contributed by atoms with Crippen LogP contribution in [0.2, 0.25) is 0 Å². The highest BCUT2D eigenvalue weighted by atomic mass is 32.1. The lowest BCUT2D eigenvalue weighted by molar-refractivity contribution is 0.693. The molecule has 1 aromatic heterocycles. The first-order valence-electron chi connectivity index (χ1n) is 7.69. The normalized spacial score (nSPS) is 14.3. The van der Waals surface area contributed by atoms with Crippen molar-refractivity contribution in [3.8, 4) is 0 Å². The second kappa shape index (κ2) is 5.29. The zero-order valence-corrected chi connectivity index (χ0v) is 13.5. The van der Waals surface area contributed by atoms with Crippen LogP contribution in [0.25, 0.3) is 10.2 Å². The highest BCUT2D eigenvalue weighted by Gasteiger charge is 2.18. The fraction of sp³-hybridized carbons (Fsp3) is 0.278. The first-order valence-corrected chi connectivity index (χ1v) is 8.51. The average molecular weight is 309 g/mol. The Morgan fingerprint density at radius 1 is 1.27 bits per heavy atom. The summed E-state index contributed by atoms with van der Waals surface area (Å²) in [6, 6.07) is 12.9. The topological polar surface area (TPSA) is 42.2 Å². The SMILES string of the molecule is Cc1nc2ccc(CN3CCCc4c(N)cccc43)cc2s1. The van der Waals surface area contributed by atoms with Crippen LogP contribution < -0.4 is 10.6 Å². The molecule has 0 saturated carbocycles. The number of fused-ring (bicyclic) bond motifs is 2. The lowest BCUT2D eigenvalue weighted by atomic mass is 9.99. The van der Waals surface area contributed by atoms with E-state index < -0.39 is 0 Å². The smallest absolute Gasteiger partial charge is 0.0907 e. The maximum Gasteiger partial charge on any atom is 0.0907 e. The van der Waals surface area contributed by atoms with Gasteiger partial charge in [-0.3, -0.25) is 0 Å². The van der Waals surface area contributed by atoms with E-state index in [1.165, 1.54) is 27.9 Å². The summed E-state index contributed by atoms with van der Waals surface area (Å²) in [4.78, 5) is 6.99. The minimum atomic E-state index is 0.927. The molecule has 1 aliphatic heterocycles. The molecule has 112 valence electrons. The maximum atomic E-state index is 6.14. The van der Waals surface area contributed by atoms with Crippen molar-refractivity contribution in [3.05, 3.63) is 52.5 Å². The van der Waals surface area contributed by atoms with Gasteiger partial charge in [-0.2, -0.15) is 0 Å². The molecule has 0 radical (unpaired) electrons. The number of anilines is 2. The van der Waals surface area contributed by atoms with Gasteiger partial charge in [0.2, 0.25) is 0 Å². The first-order chi connectivity index (χ1) is 10.7. The van der Waals surface area contributed by atoms with Crippen LogP contribution in [0.5, 0.6) is 0 Å². The fourth-order valence-electron chi connectivity index (χ4n) is 3.30. The van der Waals surface area contributed by atoms with Crippen LogP contribution >= 0.6 is 11.3 Å². The number of thiazole rings is 1. The lowest BCUT2D eigenvalue weighted by Gasteiger charge is -2.32. The molecule has 0 atom stereocenters. The summed E-state index contributed by atoms with van der Waals surface area (Å²) < 4.78 is 1.28. The van der Waals surface area contributed by atoms with Crippen LogP contribution in [-0.2, 0) is 13.0 Å². The van der Waals surface area contributed by atoms with E-state index in [-0.39, 0.29) is 0 Å². The maximum absolute atomic E-state index is 6.14. The van der Waals surface area contributed by atoms with Gasteiger partial charge in [-0.25, -0.2) is 4.98 Å². The standard InChI is InChI=1S/C18H19N3S/c1-12-20-16-8-7-13(10-18(16)22-12)11-21-9-3-4-14-15(19)5-2-6-17(14)21/h2,5-8,10H,3-4,9,11,19H2,1H3. The van der Waals surface area contributed by atoms with E-state index in [0.717, 1.165) is 35.7 Å². The van der Waals surface area contributed by atoms with Gasteiger partial charge < -0.3 is 10.6 Å². The number of hydrogen-bond acceptors (Lipinski definition) is 4. The highest BCUT2D eigenvalue weighted by Crippen LogP contribution is 2.32. The minimum absolute atomic E-state index is 0.927. The van der Waals surface area contributed by atoms with Gasteiger partial charge in [0.1, 0.15) is 0 Å². The van der Waals surface area contributed by atoms with Crippen molar-refractivity contribution >= 4 is 32.9 Å². The molecule has 0 aliphatic carbocycles. The molecule has 3 nitrogen and oxygen atoms in total. The van der Waals surface area contributed by atoms with Crippen molar-refractivity contribution in [3.63, 3.8) is 0 Å². The third-order valence-corrected chi connectivity index (χ3v) is 5.25. The van der Waals surface area contributed by atoms with Crippen molar-refractivity contribution in [2.45, 2.75) is 26.3 Å². The van der Waals surface area contributed by atoms with Crippen molar-refractivity contribution in [1.29, 1.82) is 0 Å². The van der Waals surface area contributed by atoms with Crippen LogP contribution in [-0.4, -0.2) is 11.5 Å². The Labute approximate surface area is 134 Å². The molecule has 2 aromatic carbocycles. The molecule has 0 unspecified atom stereocenters. The molecule has 0 fully saturated rings. The summed E-state index contributed by atoms with van der Waals surface area (Å²) in [5.74, 6) is 0. The third-order valence-electron chi connectivity index (χ3n) is 4.32. The fourth-order valence-corrected chi connectivity index (χ4v) is 4.19. The van der Waals surface area contributed by atoms with E-state index in [1.54, 1.807) is 11.3 Å². The second-order valence-electron chi connectivity index (χ2n) is 5.90. The van der Waals surface area contributed by atoms with Crippen LogP contribution in [0.15, 0.2) is 36.4 Å². The van der Waals surface area contributed by atoms with Crippen molar-refractivity contribution in [2.75, 3.05) is 17.2 Å². The number of benzene rings is 2. The molecule has 0 amide bonds. The van der Waals surface area contributed by atoms with Gasteiger partial charge in [-0.05, 0) is 55.2 Å². The predicted molar refractivity (Wildman–Crippen MR) is 94.6 cm³/mol. The largest absolute Gasteiger partial charge is 0.398 e. The molecule has 4 heteroatoms. The highest BCUT2D eigenvalue weighted by molar-refractivity contribution is 7.18. The first kappa shape index (κ1) is 13.6. The molecular formula is C18H19N3S. The number of nitrogens with two attached hydrogens (primary N) is 1. The van der Waals surface area contributed by atoms with Gasteiger partial charge >= 0.3 is 0 Å². The third kappa shape index (κ3) is 2.33. The predicted octanol–water partition coefficient (Wildman–Crippen LogP) is 4.14. The van der Waals surface area contributed by atoms with E-state index in [9.17, 15) is 0 Å². The zero-order valence-electron chi connectivity index (χ0n) is 12.7. The van der Waals surface area contributed by atoms with Crippen molar-refractivity contribution in [1.82, 2.24) is 4.98 Å². The average Bonchev–Trinajstić information content (AvgIpc) is 2.88. The van der Waals surface area contributed by atoms with Gasteiger partial charge in [0.15, 0.2) is 0 Å². The van der Waals surface area contributed by atoms with Crippen molar-refractivity contribution < 1.29 is 0 Å². The van der Waals surface area contributed by atoms with Crippen molar-refractivity contribution in [2.24, 2.45) is 0 Å².